The first-order chi connectivity index (χ1) is 10.7. The van der Waals surface area contributed by atoms with Crippen molar-refractivity contribution in [1.82, 2.24) is 0 Å². The summed E-state index contributed by atoms with van der Waals surface area (Å²) in [7, 11) is 0. The highest BCUT2D eigenvalue weighted by atomic mass is 32.2. The van der Waals surface area contributed by atoms with Crippen LogP contribution in [0.15, 0.2) is 47.4 Å². The van der Waals surface area contributed by atoms with Crippen molar-refractivity contribution in [3.8, 4) is 0 Å². The average molecular weight is 318 g/mol. The Kier molecular flexibility index (Phi) is 5.83. The minimum absolute atomic E-state index is 0.227. The maximum absolute atomic E-state index is 12.1. The van der Waals surface area contributed by atoms with E-state index in [2.05, 4.69) is 0 Å². The van der Waals surface area contributed by atoms with Gasteiger partial charge < -0.3 is 9.47 Å². The molecule has 0 spiro atoms. The normalized spacial score (nSPS) is 10.7. The van der Waals surface area contributed by atoms with Gasteiger partial charge in [-0.2, -0.15) is 0 Å². The van der Waals surface area contributed by atoms with Crippen LogP contribution in [0.1, 0.15) is 13.8 Å². The van der Waals surface area contributed by atoms with Gasteiger partial charge in [0.1, 0.15) is 0 Å². The minimum Gasteiger partial charge on any atom is -0.465 e. The highest BCUT2D eigenvalue weighted by Crippen LogP contribution is 2.32. The average Bonchev–Trinajstić information content (AvgIpc) is 2.53. The second kappa shape index (κ2) is 7.84. The summed E-state index contributed by atoms with van der Waals surface area (Å²) in [5.41, 5.74) is 0. The number of carbonyl (C=O) groups is 2. The molecule has 4 nitrogen and oxygen atoms in total. The number of esters is 2. The molecule has 0 bridgehead atoms. The number of carbonyl (C=O) groups excluding carboxylic acids is 2. The molecule has 0 aliphatic carbocycles. The quantitative estimate of drug-likeness (QED) is 0.464. The van der Waals surface area contributed by atoms with E-state index in [9.17, 15) is 9.59 Å². The van der Waals surface area contributed by atoms with Crippen LogP contribution in [-0.4, -0.2) is 30.4 Å². The Hall–Kier alpha value is -2.01. The van der Waals surface area contributed by atoms with Crippen molar-refractivity contribution in [1.29, 1.82) is 0 Å². The largest absolute Gasteiger partial charge is 0.465 e. The van der Waals surface area contributed by atoms with Gasteiger partial charge in [0.15, 0.2) is 0 Å². The van der Waals surface area contributed by atoms with E-state index in [1.54, 1.807) is 13.8 Å². The predicted molar refractivity (Wildman–Crippen MR) is 86.9 cm³/mol. The van der Waals surface area contributed by atoms with E-state index in [-0.39, 0.29) is 13.2 Å². The van der Waals surface area contributed by atoms with E-state index in [4.69, 9.17) is 9.47 Å². The molecule has 0 radical (unpaired) electrons. The topological polar surface area (TPSA) is 52.6 Å². The second-order valence-corrected chi connectivity index (χ2v) is 5.63. The number of benzene rings is 2. The first-order valence-corrected chi connectivity index (χ1v) is 8.03. The molecule has 116 valence electrons. The molecular formula is C17H18O4S. The summed E-state index contributed by atoms with van der Waals surface area (Å²) >= 11 is 1.17. The zero-order valence-electron chi connectivity index (χ0n) is 12.6. The Morgan fingerprint density at radius 3 is 2.18 bits per heavy atom. The fraction of sp³-hybridized carbons (Fsp3) is 0.294. The summed E-state index contributed by atoms with van der Waals surface area (Å²) in [5, 5.41) is 1.04. The van der Waals surface area contributed by atoms with Crippen LogP contribution >= 0.6 is 11.8 Å². The van der Waals surface area contributed by atoms with Gasteiger partial charge in [0.25, 0.3) is 0 Å². The lowest BCUT2D eigenvalue weighted by molar-refractivity contribution is -0.152. The fourth-order valence-corrected chi connectivity index (χ4v) is 3.11. The third kappa shape index (κ3) is 3.80. The second-order valence-electron chi connectivity index (χ2n) is 4.48. The van der Waals surface area contributed by atoms with E-state index >= 15 is 0 Å². The molecule has 0 unspecified atom stereocenters. The first kappa shape index (κ1) is 16.4. The zero-order valence-corrected chi connectivity index (χ0v) is 13.4. The van der Waals surface area contributed by atoms with E-state index in [1.807, 2.05) is 42.5 Å². The molecule has 0 N–H and O–H groups in total. The van der Waals surface area contributed by atoms with Gasteiger partial charge in [0, 0.05) is 4.90 Å². The van der Waals surface area contributed by atoms with Crippen LogP contribution in [0.2, 0.25) is 0 Å². The van der Waals surface area contributed by atoms with Crippen molar-refractivity contribution in [2.24, 2.45) is 0 Å². The van der Waals surface area contributed by atoms with Crippen molar-refractivity contribution < 1.29 is 19.1 Å². The highest BCUT2D eigenvalue weighted by Gasteiger charge is 2.31. The van der Waals surface area contributed by atoms with Gasteiger partial charge in [-0.15, -0.1) is 0 Å². The third-order valence-electron chi connectivity index (χ3n) is 3.00. The molecule has 5 heteroatoms. The van der Waals surface area contributed by atoms with Crippen LogP contribution in [0.25, 0.3) is 10.8 Å². The minimum atomic E-state index is -1.01. The van der Waals surface area contributed by atoms with E-state index in [0.717, 1.165) is 15.7 Å². The Morgan fingerprint density at radius 1 is 0.955 bits per heavy atom. The Labute approximate surface area is 133 Å². The van der Waals surface area contributed by atoms with Crippen molar-refractivity contribution in [2.75, 3.05) is 13.2 Å². The van der Waals surface area contributed by atoms with Crippen LogP contribution in [0.3, 0.4) is 0 Å². The van der Waals surface area contributed by atoms with Gasteiger partial charge in [-0.1, -0.05) is 48.2 Å². The molecule has 0 heterocycles. The first-order valence-electron chi connectivity index (χ1n) is 7.15. The van der Waals surface area contributed by atoms with Crippen molar-refractivity contribution in [2.45, 2.75) is 24.0 Å². The van der Waals surface area contributed by atoms with Crippen LogP contribution in [0.4, 0.5) is 0 Å². The molecule has 0 aliphatic heterocycles. The van der Waals surface area contributed by atoms with Crippen LogP contribution in [0, 0.1) is 0 Å². The molecular weight excluding hydrogens is 300 g/mol. The molecule has 0 saturated heterocycles. The predicted octanol–water partition coefficient (Wildman–Crippen LogP) is 3.43. The zero-order chi connectivity index (χ0) is 15.9. The number of hydrogen-bond acceptors (Lipinski definition) is 5. The number of thioether (sulfide) groups is 1. The molecule has 0 aliphatic rings. The van der Waals surface area contributed by atoms with Crippen molar-refractivity contribution >= 4 is 34.5 Å². The lowest BCUT2D eigenvalue weighted by Crippen LogP contribution is -2.30. The summed E-state index contributed by atoms with van der Waals surface area (Å²) in [4.78, 5) is 25.0. The van der Waals surface area contributed by atoms with Crippen LogP contribution < -0.4 is 0 Å². The number of ether oxygens (including phenoxy) is 2. The van der Waals surface area contributed by atoms with Gasteiger partial charge >= 0.3 is 11.9 Å². The molecule has 0 aromatic heterocycles. The maximum atomic E-state index is 12.1. The van der Waals surface area contributed by atoms with Gasteiger partial charge in [0.05, 0.1) is 13.2 Å². The van der Waals surface area contributed by atoms with Crippen molar-refractivity contribution in [3.05, 3.63) is 42.5 Å². The van der Waals surface area contributed by atoms with Gasteiger partial charge in [-0.05, 0) is 30.7 Å². The summed E-state index contributed by atoms with van der Waals surface area (Å²) in [6.07, 6.45) is 0. The summed E-state index contributed by atoms with van der Waals surface area (Å²) in [6.45, 7) is 3.88. The molecule has 0 saturated carbocycles. The smallest absolute Gasteiger partial charge is 0.331 e. The molecule has 0 fully saturated rings. The molecule has 0 atom stereocenters. The Balaban J connectivity index is 2.32. The van der Waals surface area contributed by atoms with Gasteiger partial charge in [-0.3, -0.25) is 9.59 Å². The van der Waals surface area contributed by atoms with Crippen molar-refractivity contribution in [3.63, 3.8) is 0 Å². The lowest BCUT2D eigenvalue weighted by atomic mass is 10.1. The van der Waals surface area contributed by atoms with Crippen LogP contribution in [0.5, 0.6) is 0 Å². The number of fused-ring (bicyclic) bond motifs is 1. The van der Waals surface area contributed by atoms with Gasteiger partial charge in [0.2, 0.25) is 5.25 Å². The number of hydrogen-bond donors (Lipinski definition) is 0. The monoisotopic (exact) mass is 318 g/mol. The summed E-state index contributed by atoms with van der Waals surface area (Å²) < 4.78 is 9.99. The van der Waals surface area contributed by atoms with Crippen LogP contribution in [-0.2, 0) is 19.1 Å². The molecule has 0 amide bonds. The lowest BCUT2D eigenvalue weighted by Gasteiger charge is -2.15. The van der Waals surface area contributed by atoms with E-state index in [0.29, 0.717) is 0 Å². The highest BCUT2D eigenvalue weighted by molar-refractivity contribution is 8.01. The molecule has 2 aromatic rings. The fourth-order valence-electron chi connectivity index (χ4n) is 2.05. The maximum Gasteiger partial charge on any atom is 0.331 e. The molecule has 2 rings (SSSR count). The van der Waals surface area contributed by atoms with E-state index < -0.39 is 17.2 Å². The van der Waals surface area contributed by atoms with E-state index in [1.165, 1.54) is 11.8 Å². The SMILES string of the molecule is CCOC(=O)C(Sc1cccc2ccccc12)C(=O)OCC. The molecule has 2 aromatic carbocycles. The molecule has 22 heavy (non-hydrogen) atoms. The summed E-state index contributed by atoms with van der Waals surface area (Å²) in [5.74, 6) is -1.14. The number of rotatable bonds is 6. The Bertz CT molecular complexity index is 645. The third-order valence-corrected chi connectivity index (χ3v) is 4.23. The standard InChI is InChI=1S/C17H18O4S/c1-3-20-16(18)15(17(19)21-4-2)22-14-11-7-9-12-8-5-6-10-13(12)14/h5-11,15H,3-4H2,1-2H3. The van der Waals surface area contributed by atoms with Gasteiger partial charge in [-0.25, -0.2) is 0 Å². The Morgan fingerprint density at radius 2 is 1.55 bits per heavy atom. The summed E-state index contributed by atoms with van der Waals surface area (Å²) in [6, 6.07) is 13.6.